The topological polar surface area (TPSA) is 69.6 Å². The molecule has 0 aromatic heterocycles. The molecular formula is C20H31NO3. The Kier molecular flexibility index (Phi) is 5.01. The highest BCUT2D eigenvalue weighted by Gasteiger charge is 2.31. The summed E-state index contributed by atoms with van der Waals surface area (Å²) >= 11 is 0. The largest absolute Gasteiger partial charge is 0.507 e. The number of carboxylic acids is 1. The second-order valence-electron chi connectivity index (χ2n) is 9.09. The predicted molar refractivity (Wildman–Crippen MR) is 96.6 cm³/mol. The number of hydrogen-bond donors (Lipinski definition) is 3. The van der Waals surface area contributed by atoms with E-state index in [1.807, 2.05) is 53.7 Å². The van der Waals surface area contributed by atoms with Gasteiger partial charge in [0.25, 0.3) is 0 Å². The Morgan fingerprint density at radius 3 is 1.92 bits per heavy atom. The molecule has 0 radical (unpaired) electrons. The third-order valence-electron chi connectivity index (χ3n) is 4.64. The Balaban J connectivity index is 2.52. The van der Waals surface area contributed by atoms with E-state index in [1.54, 1.807) is 0 Å². The van der Waals surface area contributed by atoms with Gasteiger partial charge < -0.3 is 15.5 Å². The molecule has 3 N–H and O–H groups in total. The van der Waals surface area contributed by atoms with E-state index in [9.17, 15) is 15.0 Å². The first-order valence-electron chi connectivity index (χ1n) is 8.75. The molecule has 1 aliphatic carbocycles. The van der Waals surface area contributed by atoms with Crippen LogP contribution < -0.4 is 5.32 Å². The van der Waals surface area contributed by atoms with E-state index in [-0.39, 0.29) is 16.6 Å². The van der Waals surface area contributed by atoms with Crippen LogP contribution in [-0.4, -0.2) is 22.7 Å². The summed E-state index contributed by atoms with van der Waals surface area (Å²) in [6.45, 7) is 12.9. The highest BCUT2D eigenvalue weighted by Crippen LogP contribution is 2.41. The first-order chi connectivity index (χ1) is 10.9. The molecule has 0 heterocycles. The molecule has 1 aromatic rings. The van der Waals surface area contributed by atoms with Crippen molar-refractivity contribution in [2.24, 2.45) is 5.92 Å². The molecule has 0 bridgehead atoms. The molecule has 0 aliphatic heterocycles. The zero-order valence-corrected chi connectivity index (χ0v) is 15.7. The van der Waals surface area contributed by atoms with Crippen LogP contribution in [0.5, 0.6) is 5.75 Å². The number of nitrogens with one attached hydrogen (secondary N) is 1. The van der Waals surface area contributed by atoms with Crippen molar-refractivity contribution >= 4 is 5.97 Å². The number of aliphatic carboxylic acids is 1. The Labute approximate surface area is 145 Å². The van der Waals surface area contributed by atoms with Gasteiger partial charge in [-0.1, -0.05) is 41.5 Å². The molecule has 0 spiro atoms. The molecule has 4 heteroatoms. The van der Waals surface area contributed by atoms with E-state index in [1.165, 1.54) is 12.8 Å². The van der Waals surface area contributed by atoms with Gasteiger partial charge in [0.1, 0.15) is 11.8 Å². The Morgan fingerprint density at radius 2 is 1.58 bits per heavy atom. The molecule has 2 rings (SSSR count). The zero-order chi connectivity index (χ0) is 18.3. The van der Waals surface area contributed by atoms with Crippen LogP contribution in [0.25, 0.3) is 0 Å². The van der Waals surface area contributed by atoms with Gasteiger partial charge in [-0.3, -0.25) is 4.79 Å². The van der Waals surface area contributed by atoms with Gasteiger partial charge in [0.05, 0.1) is 0 Å². The normalized spacial score (nSPS) is 16.9. The summed E-state index contributed by atoms with van der Waals surface area (Å²) in [5.41, 5.74) is 1.78. The van der Waals surface area contributed by atoms with Crippen molar-refractivity contribution in [1.29, 1.82) is 0 Å². The molecule has 1 aromatic carbocycles. The fraction of sp³-hybridized carbons (Fsp3) is 0.650. The minimum atomic E-state index is -0.874. The number of rotatable bonds is 5. The molecule has 1 saturated carbocycles. The van der Waals surface area contributed by atoms with Crippen molar-refractivity contribution in [3.05, 3.63) is 28.8 Å². The van der Waals surface area contributed by atoms with Crippen LogP contribution in [0.4, 0.5) is 0 Å². The van der Waals surface area contributed by atoms with Crippen LogP contribution in [0.3, 0.4) is 0 Å². The molecule has 1 unspecified atom stereocenters. The quantitative estimate of drug-likeness (QED) is 0.758. The van der Waals surface area contributed by atoms with Crippen molar-refractivity contribution in [3.63, 3.8) is 0 Å². The van der Waals surface area contributed by atoms with E-state index >= 15 is 0 Å². The monoisotopic (exact) mass is 333 g/mol. The second kappa shape index (κ2) is 6.40. The summed E-state index contributed by atoms with van der Waals surface area (Å²) < 4.78 is 0. The highest BCUT2D eigenvalue weighted by molar-refractivity contribution is 5.76. The maximum atomic E-state index is 11.8. The summed E-state index contributed by atoms with van der Waals surface area (Å²) in [4.78, 5) is 11.8. The summed E-state index contributed by atoms with van der Waals surface area (Å²) in [5.74, 6) is 0.0132. The van der Waals surface area contributed by atoms with E-state index in [0.29, 0.717) is 5.92 Å². The van der Waals surface area contributed by atoms with E-state index < -0.39 is 12.0 Å². The summed E-state index contributed by atoms with van der Waals surface area (Å²) in [6.07, 6.45) is 2.35. The average Bonchev–Trinajstić information content (AvgIpc) is 3.21. The summed E-state index contributed by atoms with van der Waals surface area (Å²) in [7, 11) is 0. The van der Waals surface area contributed by atoms with Gasteiger partial charge in [-0.05, 0) is 65.0 Å². The van der Waals surface area contributed by atoms with Gasteiger partial charge in [0, 0.05) is 0 Å². The minimum absolute atomic E-state index is 0.264. The summed E-state index contributed by atoms with van der Waals surface area (Å²) in [5, 5.41) is 23.6. The van der Waals surface area contributed by atoms with Crippen molar-refractivity contribution in [2.45, 2.75) is 71.3 Å². The van der Waals surface area contributed by atoms with Crippen molar-refractivity contribution in [1.82, 2.24) is 5.32 Å². The molecule has 1 aliphatic rings. The van der Waals surface area contributed by atoms with Crippen LogP contribution in [0.1, 0.15) is 77.1 Å². The number of hydrogen-bond acceptors (Lipinski definition) is 3. The fourth-order valence-electron chi connectivity index (χ4n) is 2.92. The van der Waals surface area contributed by atoms with Gasteiger partial charge in [-0.25, -0.2) is 0 Å². The standard InChI is InChI=1S/C20H31NO3/c1-19(2,3)14-9-13(10-15(17(14)22)20(4,5)6)16(18(23)24)21-11-12-7-8-12/h9-10,12,16,21-22H,7-8,11H2,1-6H3,(H,23,24). The van der Waals surface area contributed by atoms with Crippen LogP contribution >= 0.6 is 0 Å². The number of aromatic hydroxyl groups is 1. The SMILES string of the molecule is CC(C)(C)c1cc(C(NCC2CC2)C(=O)O)cc(C(C)(C)C)c1O. The number of benzene rings is 1. The molecule has 1 atom stereocenters. The van der Waals surface area contributed by atoms with E-state index in [0.717, 1.165) is 23.2 Å². The van der Waals surface area contributed by atoms with Crippen molar-refractivity contribution in [2.75, 3.05) is 6.54 Å². The number of carbonyl (C=O) groups is 1. The van der Waals surface area contributed by atoms with Crippen LogP contribution in [0, 0.1) is 5.92 Å². The number of phenolic OH excluding ortho intramolecular Hbond substituents is 1. The molecule has 134 valence electrons. The lowest BCUT2D eigenvalue weighted by molar-refractivity contribution is -0.139. The number of carboxylic acid groups (broad SMARTS) is 1. The van der Waals surface area contributed by atoms with E-state index in [4.69, 9.17) is 0 Å². The second-order valence-corrected chi connectivity index (χ2v) is 9.09. The van der Waals surface area contributed by atoms with Gasteiger partial charge >= 0.3 is 5.97 Å². The van der Waals surface area contributed by atoms with Crippen LogP contribution in [-0.2, 0) is 15.6 Å². The van der Waals surface area contributed by atoms with Crippen LogP contribution in [0.15, 0.2) is 12.1 Å². The molecule has 0 saturated heterocycles. The van der Waals surface area contributed by atoms with Crippen molar-refractivity contribution < 1.29 is 15.0 Å². The third kappa shape index (κ3) is 4.29. The zero-order valence-electron chi connectivity index (χ0n) is 15.7. The smallest absolute Gasteiger partial charge is 0.325 e. The number of phenols is 1. The Bertz CT molecular complexity index is 584. The lowest BCUT2D eigenvalue weighted by atomic mass is 9.77. The lowest BCUT2D eigenvalue weighted by Gasteiger charge is -2.29. The van der Waals surface area contributed by atoms with E-state index in [2.05, 4.69) is 5.32 Å². The molecule has 24 heavy (non-hydrogen) atoms. The molecule has 0 amide bonds. The van der Waals surface area contributed by atoms with Crippen LogP contribution in [0.2, 0.25) is 0 Å². The Hall–Kier alpha value is -1.55. The average molecular weight is 333 g/mol. The lowest BCUT2D eigenvalue weighted by Crippen LogP contribution is -2.31. The third-order valence-corrected chi connectivity index (χ3v) is 4.64. The van der Waals surface area contributed by atoms with Gasteiger partial charge in [0.15, 0.2) is 0 Å². The van der Waals surface area contributed by atoms with Crippen molar-refractivity contribution in [3.8, 4) is 5.75 Å². The molecule has 4 nitrogen and oxygen atoms in total. The maximum absolute atomic E-state index is 11.8. The molecule has 1 fully saturated rings. The molecular weight excluding hydrogens is 302 g/mol. The highest BCUT2D eigenvalue weighted by atomic mass is 16.4. The van der Waals surface area contributed by atoms with Gasteiger partial charge in [-0.2, -0.15) is 0 Å². The predicted octanol–water partition coefficient (Wildman–Crippen LogP) is 4.11. The minimum Gasteiger partial charge on any atom is -0.507 e. The van der Waals surface area contributed by atoms with Gasteiger partial charge in [0.2, 0.25) is 0 Å². The first kappa shape index (κ1) is 18.8. The fourth-order valence-corrected chi connectivity index (χ4v) is 2.92. The van der Waals surface area contributed by atoms with Gasteiger partial charge in [-0.15, -0.1) is 0 Å². The maximum Gasteiger partial charge on any atom is 0.325 e. The first-order valence-corrected chi connectivity index (χ1v) is 8.75. The summed E-state index contributed by atoms with van der Waals surface area (Å²) in [6, 6.07) is 2.96. The Morgan fingerprint density at radius 1 is 1.12 bits per heavy atom.